The summed E-state index contributed by atoms with van der Waals surface area (Å²) >= 11 is 1.32. The first-order chi connectivity index (χ1) is 16.3. The van der Waals surface area contributed by atoms with E-state index < -0.39 is 12.0 Å². The van der Waals surface area contributed by atoms with Crippen LogP contribution in [0.4, 0.5) is 5.69 Å². The summed E-state index contributed by atoms with van der Waals surface area (Å²) in [4.78, 5) is 33.8. The fraction of sp³-hybridized carbons (Fsp3) is 0.360. The first kappa shape index (κ1) is 23.7. The van der Waals surface area contributed by atoms with Crippen molar-refractivity contribution in [3.63, 3.8) is 0 Å². The minimum Gasteiger partial charge on any atom is -0.463 e. The van der Waals surface area contributed by atoms with Crippen molar-refractivity contribution in [2.24, 2.45) is 4.99 Å². The molecule has 0 N–H and O–H groups in total. The molecule has 0 aliphatic carbocycles. The van der Waals surface area contributed by atoms with E-state index in [1.165, 1.54) is 11.3 Å². The van der Waals surface area contributed by atoms with Gasteiger partial charge in [0.2, 0.25) is 0 Å². The highest BCUT2D eigenvalue weighted by Gasteiger charge is 2.33. The number of rotatable bonds is 6. The van der Waals surface area contributed by atoms with Crippen LogP contribution in [0, 0.1) is 6.92 Å². The molecule has 0 radical (unpaired) electrons. The summed E-state index contributed by atoms with van der Waals surface area (Å²) in [5.74, 6) is -0.459. The lowest BCUT2D eigenvalue weighted by atomic mass is 9.95. The third-order valence-corrected chi connectivity index (χ3v) is 6.95. The number of aromatic nitrogens is 3. The number of benzene rings is 1. The van der Waals surface area contributed by atoms with E-state index in [1.807, 2.05) is 67.9 Å². The number of fused-ring (bicyclic) bond motifs is 1. The molecule has 1 aliphatic heterocycles. The summed E-state index contributed by atoms with van der Waals surface area (Å²) in [6.45, 7) is 8.57. The number of allylic oxidation sites excluding steroid dienone is 1. The monoisotopic (exact) mass is 479 g/mol. The average molecular weight is 480 g/mol. The van der Waals surface area contributed by atoms with Crippen molar-refractivity contribution < 1.29 is 9.53 Å². The third kappa shape index (κ3) is 4.11. The highest BCUT2D eigenvalue weighted by molar-refractivity contribution is 7.07. The van der Waals surface area contributed by atoms with Gasteiger partial charge in [0.25, 0.3) is 5.56 Å². The number of nitrogens with zero attached hydrogens (tertiary/aromatic N) is 5. The molecule has 3 aromatic rings. The maximum Gasteiger partial charge on any atom is 0.338 e. The Hall–Kier alpha value is -3.46. The molecule has 0 bridgehead atoms. The van der Waals surface area contributed by atoms with Gasteiger partial charge >= 0.3 is 5.97 Å². The second-order valence-corrected chi connectivity index (χ2v) is 9.30. The Morgan fingerprint density at radius 2 is 1.91 bits per heavy atom. The van der Waals surface area contributed by atoms with Gasteiger partial charge in [0.15, 0.2) is 4.80 Å². The van der Waals surface area contributed by atoms with Gasteiger partial charge in [-0.25, -0.2) is 9.79 Å². The lowest BCUT2D eigenvalue weighted by molar-refractivity contribution is -0.139. The molecular formula is C25H29N5O3S. The lowest BCUT2D eigenvalue weighted by Gasteiger charge is -2.25. The van der Waals surface area contributed by atoms with Crippen LogP contribution in [0.1, 0.15) is 43.6 Å². The molecule has 1 aliphatic rings. The van der Waals surface area contributed by atoms with Gasteiger partial charge in [0, 0.05) is 37.6 Å². The van der Waals surface area contributed by atoms with E-state index in [9.17, 15) is 9.59 Å². The molecule has 0 spiro atoms. The van der Waals surface area contributed by atoms with Crippen molar-refractivity contribution in [1.82, 2.24) is 14.3 Å². The van der Waals surface area contributed by atoms with Crippen LogP contribution in [0.25, 0.3) is 6.08 Å². The van der Waals surface area contributed by atoms with Crippen molar-refractivity contribution >= 4 is 29.1 Å². The minimum absolute atomic E-state index is 0.191. The molecule has 0 fully saturated rings. The van der Waals surface area contributed by atoms with Gasteiger partial charge in [-0.15, -0.1) is 0 Å². The molecular weight excluding hydrogens is 450 g/mol. The second-order valence-electron chi connectivity index (χ2n) is 8.29. The third-order valence-electron chi connectivity index (χ3n) is 5.97. The molecule has 0 saturated heterocycles. The Kier molecular flexibility index (Phi) is 6.56. The van der Waals surface area contributed by atoms with Gasteiger partial charge in [-0.3, -0.25) is 14.0 Å². The first-order valence-corrected chi connectivity index (χ1v) is 12.1. The van der Waals surface area contributed by atoms with Gasteiger partial charge in [-0.05, 0) is 51.5 Å². The van der Waals surface area contributed by atoms with Crippen LogP contribution in [0.2, 0.25) is 0 Å². The van der Waals surface area contributed by atoms with Crippen molar-refractivity contribution in [1.29, 1.82) is 0 Å². The summed E-state index contributed by atoms with van der Waals surface area (Å²) in [5.41, 5.74) is 4.48. The second kappa shape index (κ2) is 9.42. The van der Waals surface area contributed by atoms with E-state index in [2.05, 4.69) is 10.1 Å². The van der Waals surface area contributed by atoms with Crippen LogP contribution in [-0.4, -0.2) is 41.0 Å². The van der Waals surface area contributed by atoms with Gasteiger partial charge in [-0.2, -0.15) is 5.10 Å². The molecule has 4 rings (SSSR count). The molecule has 0 amide bonds. The van der Waals surface area contributed by atoms with Crippen LogP contribution in [-0.2, 0) is 16.1 Å². The van der Waals surface area contributed by atoms with Crippen molar-refractivity contribution in [3.05, 3.63) is 78.2 Å². The molecule has 3 heterocycles. The average Bonchev–Trinajstić information content (AvgIpc) is 3.32. The highest BCUT2D eigenvalue weighted by Crippen LogP contribution is 2.31. The number of hydrogen-bond donors (Lipinski definition) is 0. The molecule has 9 heteroatoms. The molecule has 1 atom stereocenters. The Labute approximate surface area is 202 Å². The first-order valence-electron chi connectivity index (χ1n) is 11.3. The summed E-state index contributed by atoms with van der Waals surface area (Å²) < 4.78 is 9.41. The Morgan fingerprint density at radius 3 is 2.50 bits per heavy atom. The maximum absolute atomic E-state index is 13.7. The van der Waals surface area contributed by atoms with Crippen LogP contribution < -0.4 is 19.8 Å². The highest BCUT2D eigenvalue weighted by atomic mass is 32.1. The van der Waals surface area contributed by atoms with E-state index in [0.29, 0.717) is 20.6 Å². The number of carbonyl (C=O) groups is 1. The predicted molar refractivity (Wildman–Crippen MR) is 134 cm³/mol. The number of ether oxygens (including phenoxy) is 1. The van der Waals surface area contributed by atoms with Crippen LogP contribution in [0.15, 0.2) is 51.5 Å². The molecule has 1 aromatic carbocycles. The van der Waals surface area contributed by atoms with E-state index in [1.54, 1.807) is 24.6 Å². The molecule has 8 nitrogen and oxygen atoms in total. The van der Waals surface area contributed by atoms with Crippen LogP contribution in [0.3, 0.4) is 0 Å². The topological polar surface area (TPSA) is 81.7 Å². The Balaban J connectivity index is 1.93. The zero-order chi connectivity index (χ0) is 24.6. The number of hydrogen-bond acceptors (Lipinski definition) is 7. The predicted octanol–water partition coefficient (Wildman–Crippen LogP) is 2.39. The van der Waals surface area contributed by atoms with E-state index in [0.717, 1.165) is 29.1 Å². The van der Waals surface area contributed by atoms with Crippen molar-refractivity contribution in [2.75, 3.05) is 25.6 Å². The van der Waals surface area contributed by atoms with E-state index in [4.69, 9.17) is 4.74 Å². The molecule has 2 aromatic heterocycles. The molecule has 0 unspecified atom stereocenters. The Morgan fingerprint density at radius 1 is 1.21 bits per heavy atom. The number of carbonyl (C=O) groups excluding carboxylic acids is 1. The molecule has 178 valence electrons. The van der Waals surface area contributed by atoms with Gasteiger partial charge in [0.1, 0.15) is 0 Å². The zero-order valence-electron chi connectivity index (χ0n) is 20.3. The number of thiazole rings is 1. The summed E-state index contributed by atoms with van der Waals surface area (Å²) in [7, 11) is 3.93. The lowest BCUT2D eigenvalue weighted by Crippen LogP contribution is -2.40. The summed E-state index contributed by atoms with van der Waals surface area (Å²) in [5, 5.41) is 4.38. The van der Waals surface area contributed by atoms with Crippen molar-refractivity contribution in [2.45, 2.75) is 40.3 Å². The fourth-order valence-corrected chi connectivity index (χ4v) is 5.16. The van der Waals surface area contributed by atoms with Crippen LogP contribution >= 0.6 is 11.3 Å². The smallest absolute Gasteiger partial charge is 0.338 e. The minimum atomic E-state index is -0.617. The maximum atomic E-state index is 13.7. The number of anilines is 1. The number of esters is 1. The molecule has 0 saturated carbocycles. The Bertz CT molecular complexity index is 1440. The standard InChI is InChI=1S/C25H29N5O3S/c1-7-29-16(4)18(14-26-29)13-20-23(31)30-22(17-9-11-19(12-10-17)28(5)6)21(24(32)33-8-2)15(3)27-25(30)34-20/h9-14,22H,7-8H2,1-6H3/t22-/m0/s1. The summed E-state index contributed by atoms with van der Waals surface area (Å²) in [6, 6.07) is 7.24. The quantitative estimate of drug-likeness (QED) is 0.507. The van der Waals surface area contributed by atoms with E-state index >= 15 is 0 Å². The normalized spacial score (nSPS) is 15.8. The molecule has 34 heavy (non-hydrogen) atoms. The summed E-state index contributed by atoms with van der Waals surface area (Å²) in [6.07, 6.45) is 3.62. The SMILES string of the molecule is CCOC(=O)C1=C(C)N=c2sc(=Cc3cnn(CC)c3C)c(=O)n2[C@H]1c1ccc(N(C)C)cc1. The van der Waals surface area contributed by atoms with E-state index in [-0.39, 0.29) is 12.2 Å². The zero-order valence-corrected chi connectivity index (χ0v) is 21.1. The van der Waals surface area contributed by atoms with Crippen molar-refractivity contribution in [3.8, 4) is 0 Å². The van der Waals surface area contributed by atoms with Gasteiger partial charge in [0.05, 0.1) is 34.6 Å². The largest absolute Gasteiger partial charge is 0.463 e. The van der Waals surface area contributed by atoms with Crippen LogP contribution in [0.5, 0.6) is 0 Å². The fourth-order valence-electron chi connectivity index (χ4n) is 4.12. The van der Waals surface area contributed by atoms with Gasteiger partial charge in [-0.1, -0.05) is 23.5 Å². The van der Waals surface area contributed by atoms with Gasteiger partial charge < -0.3 is 9.64 Å². The number of aryl methyl sites for hydroxylation is 1.